The van der Waals surface area contributed by atoms with Gasteiger partial charge in [-0.1, -0.05) is 18.0 Å². The maximum atomic E-state index is 11.7. The third-order valence-electron chi connectivity index (χ3n) is 3.68. The number of rotatable bonds is 3. The van der Waals surface area contributed by atoms with Gasteiger partial charge in [0.05, 0.1) is 10.0 Å². The van der Waals surface area contributed by atoms with E-state index >= 15 is 0 Å². The maximum Gasteiger partial charge on any atom is 0.328 e. The summed E-state index contributed by atoms with van der Waals surface area (Å²) in [6, 6.07) is 0. The van der Waals surface area contributed by atoms with E-state index < -0.39 is 16.8 Å². The first kappa shape index (κ1) is 16.9. The highest BCUT2D eigenvalue weighted by Crippen LogP contribution is 2.34. The zero-order valence-corrected chi connectivity index (χ0v) is 13.9. The highest BCUT2D eigenvalue weighted by molar-refractivity contribution is 9.10. The second-order valence-electron chi connectivity index (χ2n) is 5.24. The minimum Gasteiger partial charge on any atom is -0.337 e. The van der Waals surface area contributed by atoms with Crippen LogP contribution in [0.4, 0.5) is 0 Å². The number of aromatic nitrogens is 4. The van der Waals surface area contributed by atoms with Crippen LogP contribution >= 0.6 is 28.3 Å². The van der Waals surface area contributed by atoms with Crippen molar-refractivity contribution in [1.29, 1.82) is 0 Å². The number of hydrogen-bond acceptors (Lipinski definition) is 6. The lowest BCUT2D eigenvalue weighted by Gasteiger charge is -2.17. The van der Waals surface area contributed by atoms with Crippen LogP contribution in [0, 0.1) is 0 Å². The van der Waals surface area contributed by atoms with E-state index in [9.17, 15) is 9.59 Å². The van der Waals surface area contributed by atoms with E-state index in [1.165, 1.54) is 10.8 Å². The van der Waals surface area contributed by atoms with Crippen LogP contribution in [0.25, 0.3) is 0 Å². The standard InChI is InChI=1S/C12H14BrN5O3.ClH/c13-7-5-18(11(20)16-9(7)19)6-8-15-10(17-21-8)12(14)3-1-2-4-12;/h5H,1-4,6,14H2,(H,16,19,20);1H. The number of halogens is 2. The van der Waals surface area contributed by atoms with E-state index in [1.54, 1.807) is 0 Å². The Morgan fingerprint density at radius 1 is 1.41 bits per heavy atom. The summed E-state index contributed by atoms with van der Waals surface area (Å²) in [4.78, 5) is 29.4. The molecule has 0 saturated heterocycles. The SMILES string of the molecule is Cl.NC1(c2noc(Cn3cc(Br)c(=O)[nH]c3=O)n2)CCCC1. The summed E-state index contributed by atoms with van der Waals surface area (Å²) >= 11 is 3.07. The monoisotopic (exact) mass is 391 g/mol. The second kappa shape index (κ2) is 6.35. The summed E-state index contributed by atoms with van der Waals surface area (Å²) in [6.45, 7) is 0.0806. The molecule has 0 aromatic carbocycles. The molecule has 0 aliphatic heterocycles. The quantitative estimate of drug-likeness (QED) is 0.800. The Kier molecular flexibility index (Phi) is 4.88. The smallest absolute Gasteiger partial charge is 0.328 e. The van der Waals surface area contributed by atoms with Gasteiger partial charge in [0, 0.05) is 6.20 Å². The molecule has 1 aliphatic carbocycles. The Morgan fingerprint density at radius 3 is 2.77 bits per heavy atom. The van der Waals surface area contributed by atoms with Crippen molar-refractivity contribution in [2.24, 2.45) is 5.73 Å². The second-order valence-corrected chi connectivity index (χ2v) is 6.09. The summed E-state index contributed by atoms with van der Waals surface area (Å²) < 4.78 is 6.70. The Balaban J connectivity index is 0.00000176. The fraction of sp³-hybridized carbons (Fsp3) is 0.500. The molecule has 0 spiro atoms. The number of aromatic amines is 1. The zero-order valence-electron chi connectivity index (χ0n) is 11.5. The molecule has 0 radical (unpaired) electrons. The molecule has 1 saturated carbocycles. The van der Waals surface area contributed by atoms with E-state index in [1.807, 2.05) is 0 Å². The Labute approximate surface area is 139 Å². The van der Waals surface area contributed by atoms with E-state index in [0.717, 1.165) is 25.7 Å². The molecule has 1 aliphatic rings. The number of nitrogens with zero attached hydrogens (tertiary/aromatic N) is 3. The summed E-state index contributed by atoms with van der Waals surface area (Å²) in [5.41, 5.74) is 4.71. The molecule has 2 aromatic rings. The van der Waals surface area contributed by atoms with Crippen LogP contribution in [-0.2, 0) is 12.1 Å². The van der Waals surface area contributed by atoms with Crippen molar-refractivity contribution in [2.75, 3.05) is 0 Å². The van der Waals surface area contributed by atoms with Crippen LogP contribution in [0.1, 0.15) is 37.4 Å². The van der Waals surface area contributed by atoms with Crippen molar-refractivity contribution in [2.45, 2.75) is 37.8 Å². The molecule has 0 bridgehead atoms. The van der Waals surface area contributed by atoms with Crippen molar-refractivity contribution in [3.8, 4) is 0 Å². The lowest BCUT2D eigenvalue weighted by Crippen LogP contribution is -2.34. The third kappa shape index (κ3) is 3.16. The molecule has 0 atom stereocenters. The summed E-state index contributed by atoms with van der Waals surface area (Å²) in [6.07, 6.45) is 5.14. The van der Waals surface area contributed by atoms with Crippen LogP contribution in [-0.4, -0.2) is 19.7 Å². The number of hydrogen-bond donors (Lipinski definition) is 2. The summed E-state index contributed by atoms with van der Waals surface area (Å²) in [7, 11) is 0. The lowest BCUT2D eigenvalue weighted by molar-refractivity contribution is 0.343. The Bertz CT molecular complexity index is 778. The van der Waals surface area contributed by atoms with Gasteiger partial charge in [-0.25, -0.2) is 4.79 Å². The molecule has 0 unspecified atom stereocenters. The van der Waals surface area contributed by atoms with Gasteiger partial charge in [-0.2, -0.15) is 4.98 Å². The normalized spacial score (nSPS) is 16.5. The largest absolute Gasteiger partial charge is 0.337 e. The van der Waals surface area contributed by atoms with Gasteiger partial charge in [0.25, 0.3) is 5.56 Å². The van der Waals surface area contributed by atoms with Gasteiger partial charge in [-0.3, -0.25) is 14.3 Å². The molecule has 10 heteroatoms. The zero-order chi connectivity index (χ0) is 15.0. The van der Waals surface area contributed by atoms with E-state index in [4.69, 9.17) is 10.3 Å². The number of H-pyrrole nitrogens is 1. The topological polar surface area (TPSA) is 120 Å². The Hall–Kier alpha value is -1.45. The molecule has 3 rings (SSSR count). The van der Waals surface area contributed by atoms with Crippen LogP contribution in [0.15, 0.2) is 24.8 Å². The van der Waals surface area contributed by atoms with Crippen molar-refractivity contribution in [3.63, 3.8) is 0 Å². The molecular formula is C12H15BrClN5O3. The predicted octanol–water partition coefficient (Wildman–Crippen LogP) is 0.880. The molecule has 1 fully saturated rings. The lowest BCUT2D eigenvalue weighted by atomic mass is 9.99. The summed E-state index contributed by atoms with van der Waals surface area (Å²) in [5, 5.41) is 3.93. The first-order valence-corrected chi connectivity index (χ1v) is 7.38. The average Bonchev–Trinajstić information content (AvgIpc) is 3.06. The average molecular weight is 393 g/mol. The number of nitrogens with one attached hydrogen (secondary N) is 1. The molecule has 8 nitrogen and oxygen atoms in total. The molecule has 2 aromatic heterocycles. The molecule has 120 valence electrons. The first-order chi connectivity index (χ1) is 9.98. The van der Waals surface area contributed by atoms with Crippen LogP contribution < -0.4 is 17.0 Å². The van der Waals surface area contributed by atoms with E-state index in [0.29, 0.717) is 5.82 Å². The highest BCUT2D eigenvalue weighted by atomic mass is 79.9. The van der Waals surface area contributed by atoms with Gasteiger partial charge in [0.15, 0.2) is 5.82 Å². The molecule has 22 heavy (non-hydrogen) atoms. The van der Waals surface area contributed by atoms with Crippen molar-refractivity contribution in [1.82, 2.24) is 19.7 Å². The highest BCUT2D eigenvalue weighted by Gasteiger charge is 2.35. The van der Waals surface area contributed by atoms with Gasteiger partial charge in [0.1, 0.15) is 6.54 Å². The van der Waals surface area contributed by atoms with E-state index in [2.05, 4.69) is 31.1 Å². The number of nitrogens with two attached hydrogens (primary N) is 1. The minimum atomic E-state index is -0.536. The van der Waals surface area contributed by atoms with Gasteiger partial charge in [0.2, 0.25) is 5.89 Å². The molecule has 2 heterocycles. The van der Waals surface area contributed by atoms with Crippen LogP contribution in [0.2, 0.25) is 0 Å². The Morgan fingerprint density at radius 2 is 2.09 bits per heavy atom. The fourth-order valence-corrected chi connectivity index (χ4v) is 2.84. The van der Waals surface area contributed by atoms with Crippen molar-refractivity contribution >= 4 is 28.3 Å². The van der Waals surface area contributed by atoms with Crippen molar-refractivity contribution < 1.29 is 4.52 Å². The first-order valence-electron chi connectivity index (χ1n) is 6.59. The molecule has 3 N–H and O–H groups in total. The van der Waals surface area contributed by atoms with Crippen LogP contribution in [0.3, 0.4) is 0 Å². The van der Waals surface area contributed by atoms with Crippen LogP contribution in [0.5, 0.6) is 0 Å². The third-order valence-corrected chi connectivity index (χ3v) is 4.25. The van der Waals surface area contributed by atoms with E-state index in [-0.39, 0.29) is 29.3 Å². The fourth-order valence-electron chi connectivity index (χ4n) is 2.50. The maximum absolute atomic E-state index is 11.7. The summed E-state index contributed by atoms with van der Waals surface area (Å²) in [5.74, 6) is 0.759. The van der Waals surface area contributed by atoms with Gasteiger partial charge in [-0.05, 0) is 28.8 Å². The van der Waals surface area contributed by atoms with Gasteiger partial charge >= 0.3 is 5.69 Å². The minimum absolute atomic E-state index is 0. The van der Waals surface area contributed by atoms with Crippen molar-refractivity contribution in [3.05, 3.63) is 43.2 Å². The predicted molar refractivity (Wildman–Crippen MR) is 84.0 cm³/mol. The van der Waals surface area contributed by atoms with Gasteiger partial charge < -0.3 is 10.3 Å². The van der Waals surface area contributed by atoms with Gasteiger partial charge in [-0.15, -0.1) is 12.4 Å². The molecular weight excluding hydrogens is 378 g/mol. The molecule has 0 amide bonds.